The molecule has 2 rings (SSSR count). The first kappa shape index (κ1) is 11.9. The Morgan fingerprint density at radius 2 is 1.78 bits per heavy atom. The van der Waals surface area contributed by atoms with Crippen LogP contribution in [0.4, 0.5) is 0 Å². The number of carbonyl (C=O) groups excluding carboxylic acids is 2. The van der Waals surface area contributed by atoms with Crippen molar-refractivity contribution in [3.05, 3.63) is 47.5 Å². The molecule has 0 aliphatic heterocycles. The van der Waals surface area contributed by atoms with E-state index >= 15 is 0 Å². The third kappa shape index (κ3) is 2.76. The van der Waals surface area contributed by atoms with Crippen LogP contribution in [0.2, 0.25) is 0 Å². The molecule has 1 aromatic carbocycles. The van der Waals surface area contributed by atoms with Crippen molar-refractivity contribution < 1.29 is 23.5 Å². The van der Waals surface area contributed by atoms with Gasteiger partial charge in [-0.1, -0.05) is 17.7 Å². The molecule has 0 aliphatic rings. The van der Waals surface area contributed by atoms with Crippen LogP contribution in [0, 0.1) is 6.92 Å². The smallest absolute Gasteiger partial charge is 0.345 e. The molecule has 0 saturated carbocycles. The standard InChI is InChI=1S/C13H10O5/c1-9-2-4-10(5-3-9)13(15)18-12-7-6-11(17-12)16-8-14/h2-8H,1H3. The zero-order valence-corrected chi connectivity index (χ0v) is 9.58. The summed E-state index contributed by atoms with van der Waals surface area (Å²) in [6, 6.07) is 9.70. The third-order valence-electron chi connectivity index (χ3n) is 2.20. The van der Waals surface area contributed by atoms with Crippen molar-refractivity contribution in [2.24, 2.45) is 0 Å². The molecule has 2 aromatic rings. The number of carbonyl (C=O) groups is 2. The van der Waals surface area contributed by atoms with E-state index in [9.17, 15) is 9.59 Å². The molecular formula is C13H10O5. The largest absolute Gasteiger partial charge is 0.395 e. The average Bonchev–Trinajstić information content (AvgIpc) is 2.78. The number of aryl methyl sites for hydroxylation is 1. The van der Waals surface area contributed by atoms with Crippen LogP contribution in [-0.2, 0) is 4.79 Å². The van der Waals surface area contributed by atoms with Crippen molar-refractivity contribution in [2.45, 2.75) is 6.92 Å². The van der Waals surface area contributed by atoms with E-state index in [-0.39, 0.29) is 18.4 Å². The Bertz CT molecular complexity index is 553. The Labute approximate surface area is 103 Å². The molecule has 0 radical (unpaired) electrons. The van der Waals surface area contributed by atoms with Crippen molar-refractivity contribution >= 4 is 12.4 Å². The van der Waals surface area contributed by atoms with Crippen LogP contribution >= 0.6 is 0 Å². The molecule has 5 heteroatoms. The van der Waals surface area contributed by atoms with Gasteiger partial charge in [0.15, 0.2) is 0 Å². The number of furan rings is 1. The molecule has 0 atom stereocenters. The molecule has 5 nitrogen and oxygen atoms in total. The van der Waals surface area contributed by atoms with Gasteiger partial charge in [-0.15, -0.1) is 0 Å². The number of ether oxygens (including phenoxy) is 2. The maximum atomic E-state index is 11.7. The summed E-state index contributed by atoms with van der Waals surface area (Å²) < 4.78 is 14.4. The van der Waals surface area contributed by atoms with Crippen LogP contribution < -0.4 is 9.47 Å². The number of hydrogen-bond donors (Lipinski definition) is 0. The predicted molar refractivity (Wildman–Crippen MR) is 61.5 cm³/mol. The SMILES string of the molecule is Cc1ccc(C(=O)Oc2ccc(OC=O)o2)cc1. The fourth-order valence-corrected chi connectivity index (χ4v) is 1.31. The van der Waals surface area contributed by atoms with Crippen LogP contribution in [0.5, 0.6) is 11.9 Å². The molecule has 0 fully saturated rings. The molecule has 0 N–H and O–H groups in total. The summed E-state index contributed by atoms with van der Waals surface area (Å²) in [5, 5.41) is 0. The number of rotatable bonds is 4. The molecular weight excluding hydrogens is 236 g/mol. The van der Waals surface area contributed by atoms with E-state index in [1.54, 1.807) is 24.3 Å². The highest BCUT2D eigenvalue weighted by molar-refractivity contribution is 5.90. The highest BCUT2D eigenvalue weighted by atomic mass is 16.7. The van der Waals surface area contributed by atoms with Crippen LogP contribution in [0.3, 0.4) is 0 Å². The van der Waals surface area contributed by atoms with Gasteiger partial charge in [0.25, 0.3) is 11.9 Å². The van der Waals surface area contributed by atoms with Crippen LogP contribution in [0.1, 0.15) is 15.9 Å². The fourth-order valence-electron chi connectivity index (χ4n) is 1.31. The quantitative estimate of drug-likeness (QED) is 0.612. The summed E-state index contributed by atoms with van der Waals surface area (Å²) in [6.07, 6.45) is 0. The average molecular weight is 246 g/mol. The maximum absolute atomic E-state index is 11.7. The first-order chi connectivity index (χ1) is 8.69. The van der Waals surface area contributed by atoms with Gasteiger partial charge >= 0.3 is 12.4 Å². The van der Waals surface area contributed by atoms with Crippen molar-refractivity contribution in [3.8, 4) is 11.9 Å². The molecule has 0 aliphatic carbocycles. The van der Waals surface area contributed by atoms with Gasteiger partial charge in [-0.3, -0.25) is 4.79 Å². The van der Waals surface area contributed by atoms with Crippen molar-refractivity contribution in [1.29, 1.82) is 0 Å². The van der Waals surface area contributed by atoms with Gasteiger partial charge in [-0.25, -0.2) is 4.79 Å². The highest BCUT2D eigenvalue weighted by Gasteiger charge is 2.11. The first-order valence-corrected chi connectivity index (χ1v) is 5.18. The molecule has 92 valence electrons. The minimum absolute atomic E-state index is 0.0302. The second kappa shape index (κ2) is 5.18. The lowest BCUT2D eigenvalue weighted by Gasteiger charge is -2.01. The lowest BCUT2D eigenvalue weighted by atomic mass is 10.1. The number of hydrogen-bond acceptors (Lipinski definition) is 5. The van der Waals surface area contributed by atoms with E-state index in [2.05, 4.69) is 4.74 Å². The Hall–Kier alpha value is -2.56. The summed E-state index contributed by atoms with van der Waals surface area (Å²) in [5.74, 6) is -0.601. The molecule has 0 bridgehead atoms. The lowest BCUT2D eigenvalue weighted by molar-refractivity contribution is -0.121. The summed E-state index contributed by atoms with van der Waals surface area (Å²) in [7, 11) is 0. The van der Waals surface area contributed by atoms with Gasteiger partial charge in [0, 0.05) is 12.1 Å². The summed E-state index contributed by atoms with van der Waals surface area (Å²) in [5.41, 5.74) is 1.46. The first-order valence-electron chi connectivity index (χ1n) is 5.18. The zero-order chi connectivity index (χ0) is 13.0. The minimum Gasteiger partial charge on any atom is -0.395 e. The molecule has 18 heavy (non-hydrogen) atoms. The Morgan fingerprint density at radius 1 is 1.11 bits per heavy atom. The number of benzene rings is 1. The zero-order valence-electron chi connectivity index (χ0n) is 9.58. The second-order valence-electron chi connectivity index (χ2n) is 3.54. The van der Waals surface area contributed by atoms with Crippen LogP contribution in [0.15, 0.2) is 40.8 Å². The molecule has 0 amide bonds. The van der Waals surface area contributed by atoms with Crippen LogP contribution in [-0.4, -0.2) is 12.4 Å². The van der Waals surface area contributed by atoms with E-state index in [0.29, 0.717) is 5.56 Å². The molecule has 0 spiro atoms. The predicted octanol–water partition coefficient (Wildman–Crippen LogP) is 2.34. The summed E-state index contributed by atoms with van der Waals surface area (Å²) in [6.45, 7) is 2.15. The Balaban J connectivity index is 2.06. The van der Waals surface area contributed by atoms with E-state index in [1.807, 2.05) is 6.92 Å². The van der Waals surface area contributed by atoms with Crippen molar-refractivity contribution in [2.75, 3.05) is 0 Å². The summed E-state index contributed by atoms with van der Waals surface area (Å²) >= 11 is 0. The number of esters is 1. The molecule has 1 aromatic heterocycles. The normalized spacial score (nSPS) is 9.83. The van der Waals surface area contributed by atoms with E-state index < -0.39 is 5.97 Å². The molecule has 1 heterocycles. The summed E-state index contributed by atoms with van der Waals surface area (Å²) in [4.78, 5) is 21.8. The van der Waals surface area contributed by atoms with E-state index in [1.165, 1.54) is 12.1 Å². The van der Waals surface area contributed by atoms with Crippen LogP contribution in [0.25, 0.3) is 0 Å². The second-order valence-corrected chi connectivity index (χ2v) is 3.54. The monoisotopic (exact) mass is 246 g/mol. The van der Waals surface area contributed by atoms with E-state index in [4.69, 9.17) is 9.15 Å². The highest BCUT2D eigenvalue weighted by Crippen LogP contribution is 2.22. The van der Waals surface area contributed by atoms with Gasteiger partial charge in [-0.05, 0) is 19.1 Å². The van der Waals surface area contributed by atoms with Crippen molar-refractivity contribution in [1.82, 2.24) is 0 Å². The van der Waals surface area contributed by atoms with E-state index in [0.717, 1.165) is 5.56 Å². The van der Waals surface area contributed by atoms with Crippen molar-refractivity contribution in [3.63, 3.8) is 0 Å². The lowest BCUT2D eigenvalue weighted by Crippen LogP contribution is -2.07. The molecule has 0 saturated heterocycles. The van der Waals surface area contributed by atoms with Gasteiger partial charge in [0.1, 0.15) is 0 Å². The molecule has 0 unspecified atom stereocenters. The van der Waals surface area contributed by atoms with Gasteiger partial charge < -0.3 is 13.9 Å². The fraction of sp³-hybridized carbons (Fsp3) is 0.0769. The Kier molecular flexibility index (Phi) is 3.43. The Morgan fingerprint density at radius 3 is 2.44 bits per heavy atom. The van der Waals surface area contributed by atoms with Gasteiger partial charge in [0.05, 0.1) is 5.56 Å². The topological polar surface area (TPSA) is 65.7 Å². The van der Waals surface area contributed by atoms with Gasteiger partial charge in [-0.2, -0.15) is 0 Å². The minimum atomic E-state index is -0.540. The maximum Gasteiger partial charge on any atom is 0.345 e. The third-order valence-corrected chi connectivity index (χ3v) is 2.20. The van der Waals surface area contributed by atoms with Gasteiger partial charge in [0.2, 0.25) is 0 Å².